The summed E-state index contributed by atoms with van der Waals surface area (Å²) < 4.78 is 27.3. The van der Waals surface area contributed by atoms with Crippen LogP contribution >= 0.6 is 11.6 Å². The molecule has 2 rings (SSSR count). The first kappa shape index (κ1) is 14.6. The van der Waals surface area contributed by atoms with E-state index in [2.05, 4.69) is 9.62 Å². The quantitative estimate of drug-likeness (QED) is 0.825. The van der Waals surface area contributed by atoms with Gasteiger partial charge in [0.2, 0.25) is 10.0 Å². The molecule has 0 spiro atoms. The van der Waals surface area contributed by atoms with Crippen LogP contribution in [-0.4, -0.2) is 39.5 Å². The average molecular weight is 304 g/mol. The van der Waals surface area contributed by atoms with Gasteiger partial charge in [-0.15, -0.1) is 0 Å². The highest BCUT2D eigenvalue weighted by atomic mass is 35.5. The molecule has 1 saturated heterocycles. The highest BCUT2D eigenvalue weighted by Gasteiger charge is 2.25. The van der Waals surface area contributed by atoms with E-state index in [4.69, 9.17) is 17.3 Å². The minimum absolute atomic E-state index is 0.0429. The molecule has 1 aromatic carbocycles. The molecule has 0 amide bonds. The Balaban J connectivity index is 2.16. The van der Waals surface area contributed by atoms with E-state index in [1.165, 1.54) is 12.1 Å². The number of halogens is 1. The molecule has 0 aromatic heterocycles. The van der Waals surface area contributed by atoms with Gasteiger partial charge in [-0.2, -0.15) is 0 Å². The molecule has 1 aliphatic heterocycles. The van der Waals surface area contributed by atoms with Gasteiger partial charge >= 0.3 is 0 Å². The molecule has 106 valence electrons. The fraction of sp³-hybridized carbons (Fsp3) is 0.500. The van der Waals surface area contributed by atoms with Gasteiger partial charge < -0.3 is 10.6 Å². The number of piperidine rings is 1. The maximum atomic E-state index is 12.3. The van der Waals surface area contributed by atoms with E-state index in [1.807, 2.05) is 7.05 Å². The van der Waals surface area contributed by atoms with Crippen LogP contribution in [0.1, 0.15) is 12.8 Å². The third-order valence-corrected chi connectivity index (χ3v) is 5.29. The van der Waals surface area contributed by atoms with Crippen LogP contribution in [-0.2, 0) is 10.0 Å². The van der Waals surface area contributed by atoms with Crippen LogP contribution in [0.25, 0.3) is 0 Å². The maximum Gasteiger partial charge on any atom is 0.242 e. The third-order valence-electron chi connectivity index (χ3n) is 3.29. The Labute approximate surface area is 118 Å². The van der Waals surface area contributed by atoms with Crippen LogP contribution in [0.3, 0.4) is 0 Å². The van der Waals surface area contributed by atoms with Gasteiger partial charge in [0.25, 0.3) is 0 Å². The van der Waals surface area contributed by atoms with Gasteiger partial charge in [0.15, 0.2) is 0 Å². The van der Waals surface area contributed by atoms with Crippen LogP contribution in [0.15, 0.2) is 23.1 Å². The molecule has 0 bridgehead atoms. The molecule has 0 radical (unpaired) electrons. The number of sulfonamides is 1. The summed E-state index contributed by atoms with van der Waals surface area (Å²) in [6.07, 6.45) is 1.60. The zero-order chi connectivity index (χ0) is 14.0. The lowest BCUT2D eigenvalue weighted by atomic mass is 10.1. The highest BCUT2D eigenvalue weighted by Crippen LogP contribution is 2.24. The molecule has 0 saturated carbocycles. The summed E-state index contributed by atoms with van der Waals surface area (Å²) in [5.74, 6) is 0. The second-order valence-corrected chi connectivity index (χ2v) is 6.98. The third kappa shape index (κ3) is 3.60. The number of nitrogens with one attached hydrogen (secondary N) is 1. The van der Waals surface area contributed by atoms with Crippen molar-refractivity contribution < 1.29 is 8.42 Å². The Bertz CT molecular complexity index is 554. The lowest BCUT2D eigenvalue weighted by Gasteiger charge is -2.29. The first-order valence-corrected chi connectivity index (χ1v) is 8.00. The van der Waals surface area contributed by atoms with E-state index in [0.717, 1.165) is 25.9 Å². The summed E-state index contributed by atoms with van der Waals surface area (Å²) >= 11 is 5.94. The van der Waals surface area contributed by atoms with Gasteiger partial charge in [0.1, 0.15) is 4.90 Å². The lowest BCUT2D eigenvalue weighted by Crippen LogP contribution is -2.43. The Hall–Kier alpha value is -0.820. The number of nitrogen functional groups attached to an aromatic ring is 1. The van der Waals surface area contributed by atoms with Crippen LogP contribution in [0, 0.1) is 0 Å². The second kappa shape index (κ2) is 5.66. The molecule has 5 nitrogen and oxygen atoms in total. The minimum Gasteiger partial charge on any atom is -0.399 e. The molecule has 1 heterocycles. The molecule has 0 unspecified atom stereocenters. The second-order valence-electron chi connectivity index (χ2n) is 4.89. The van der Waals surface area contributed by atoms with Crippen LogP contribution in [0.4, 0.5) is 5.69 Å². The van der Waals surface area contributed by atoms with Gasteiger partial charge in [-0.05, 0) is 51.2 Å². The van der Waals surface area contributed by atoms with Gasteiger partial charge in [-0.3, -0.25) is 0 Å². The van der Waals surface area contributed by atoms with Crippen molar-refractivity contribution in [3.8, 4) is 0 Å². The Kier molecular flexibility index (Phi) is 4.35. The molecule has 19 heavy (non-hydrogen) atoms. The number of hydrogen-bond acceptors (Lipinski definition) is 4. The van der Waals surface area contributed by atoms with E-state index in [1.54, 1.807) is 6.07 Å². The molecule has 0 aliphatic carbocycles. The monoisotopic (exact) mass is 303 g/mol. The first-order chi connectivity index (χ1) is 8.88. The number of nitrogens with two attached hydrogens (primary N) is 1. The van der Waals surface area contributed by atoms with E-state index in [-0.39, 0.29) is 16.0 Å². The Morgan fingerprint density at radius 1 is 1.37 bits per heavy atom. The zero-order valence-electron chi connectivity index (χ0n) is 10.8. The number of hydrogen-bond donors (Lipinski definition) is 2. The summed E-state index contributed by atoms with van der Waals surface area (Å²) in [5.41, 5.74) is 6.00. The van der Waals surface area contributed by atoms with Gasteiger partial charge in [0.05, 0.1) is 5.02 Å². The normalized spacial score (nSPS) is 18.6. The molecule has 0 atom stereocenters. The molecular formula is C12H18ClN3O2S. The largest absolute Gasteiger partial charge is 0.399 e. The molecule has 3 N–H and O–H groups in total. The van der Waals surface area contributed by atoms with Crippen molar-refractivity contribution in [1.82, 2.24) is 9.62 Å². The van der Waals surface area contributed by atoms with Crippen molar-refractivity contribution >= 4 is 27.3 Å². The average Bonchev–Trinajstić information content (AvgIpc) is 2.35. The SMILES string of the molecule is CN1CCC(NS(=O)(=O)c2cc(N)ccc2Cl)CC1. The fourth-order valence-electron chi connectivity index (χ4n) is 2.14. The van der Waals surface area contributed by atoms with Crippen molar-refractivity contribution in [2.24, 2.45) is 0 Å². The summed E-state index contributed by atoms with van der Waals surface area (Å²) in [6, 6.07) is 4.43. The van der Waals surface area contributed by atoms with Crippen LogP contribution in [0.5, 0.6) is 0 Å². The van der Waals surface area contributed by atoms with Crippen molar-refractivity contribution in [2.45, 2.75) is 23.8 Å². The number of anilines is 1. The number of benzene rings is 1. The van der Waals surface area contributed by atoms with Crippen molar-refractivity contribution in [3.63, 3.8) is 0 Å². The number of nitrogens with zero attached hydrogens (tertiary/aromatic N) is 1. The first-order valence-electron chi connectivity index (χ1n) is 6.14. The smallest absolute Gasteiger partial charge is 0.242 e. The predicted octanol–water partition coefficient (Wildman–Crippen LogP) is 1.29. The minimum atomic E-state index is -3.61. The summed E-state index contributed by atoms with van der Waals surface area (Å²) in [5, 5.41) is 0.189. The van der Waals surface area contributed by atoms with Crippen LogP contribution in [0.2, 0.25) is 5.02 Å². The lowest BCUT2D eigenvalue weighted by molar-refractivity contribution is 0.248. The molecule has 1 aliphatic rings. The van der Waals surface area contributed by atoms with Crippen LogP contribution < -0.4 is 10.5 Å². The Morgan fingerprint density at radius 3 is 2.63 bits per heavy atom. The highest BCUT2D eigenvalue weighted by molar-refractivity contribution is 7.89. The van der Waals surface area contributed by atoms with Crippen molar-refractivity contribution in [2.75, 3.05) is 25.9 Å². The summed E-state index contributed by atoms with van der Waals surface area (Å²) in [7, 11) is -1.58. The molecule has 7 heteroatoms. The van der Waals surface area contributed by atoms with Crippen molar-refractivity contribution in [3.05, 3.63) is 23.2 Å². The standard InChI is InChI=1S/C12H18ClN3O2S/c1-16-6-4-10(5-7-16)15-19(17,18)12-8-9(14)2-3-11(12)13/h2-3,8,10,15H,4-7,14H2,1H3. The van der Waals surface area contributed by atoms with E-state index in [0.29, 0.717) is 5.69 Å². The van der Waals surface area contributed by atoms with E-state index >= 15 is 0 Å². The predicted molar refractivity (Wildman–Crippen MR) is 76.7 cm³/mol. The number of rotatable bonds is 3. The number of likely N-dealkylation sites (tertiary alicyclic amines) is 1. The molecular weight excluding hydrogens is 286 g/mol. The molecule has 1 fully saturated rings. The van der Waals surface area contributed by atoms with Gasteiger partial charge in [-0.25, -0.2) is 13.1 Å². The Morgan fingerprint density at radius 2 is 2.00 bits per heavy atom. The summed E-state index contributed by atoms with van der Waals surface area (Å²) in [4.78, 5) is 2.23. The molecule has 1 aromatic rings. The topological polar surface area (TPSA) is 75.4 Å². The zero-order valence-corrected chi connectivity index (χ0v) is 12.3. The fourth-order valence-corrected chi connectivity index (χ4v) is 3.97. The maximum absolute atomic E-state index is 12.3. The summed E-state index contributed by atoms with van der Waals surface area (Å²) in [6.45, 7) is 1.77. The van der Waals surface area contributed by atoms with Gasteiger partial charge in [0, 0.05) is 11.7 Å². The van der Waals surface area contributed by atoms with Gasteiger partial charge in [-0.1, -0.05) is 11.6 Å². The van der Waals surface area contributed by atoms with Crippen molar-refractivity contribution in [1.29, 1.82) is 0 Å². The van der Waals surface area contributed by atoms with E-state index < -0.39 is 10.0 Å². The van der Waals surface area contributed by atoms with E-state index in [9.17, 15) is 8.42 Å².